The Morgan fingerprint density at radius 3 is 0.976 bits per heavy atom. The number of esters is 1. The first-order valence-electron chi connectivity index (χ1n) is 8.98. The first-order chi connectivity index (χ1) is 17.9. The van der Waals surface area contributed by atoms with Crippen molar-refractivity contribution in [2.75, 3.05) is 6.61 Å². The van der Waals surface area contributed by atoms with Gasteiger partial charge >= 0.3 is 72.5 Å². The molecule has 252 valence electrons. The fourth-order valence-corrected chi connectivity index (χ4v) is 1.96. The molecule has 0 rings (SSSR count). The predicted molar refractivity (Wildman–Crippen MR) is 75.4 cm³/mol. The number of halogens is 23. The summed E-state index contributed by atoms with van der Waals surface area (Å²) >= 11 is 0. The van der Waals surface area contributed by atoms with Crippen molar-refractivity contribution >= 4 is 5.97 Å². The van der Waals surface area contributed by atoms with Gasteiger partial charge < -0.3 is 4.74 Å². The van der Waals surface area contributed by atoms with Crippen molar-refractivity contribution in [1.29, 1.82) is 0 Å². The normalized spacial score (nSPS) is 19.5. The Labute approximate surface area is 212 Å². The van der Waals surface area contributed by atoms with E-state index in [2.05, 4.69) is 4.74 Å². The van der Waals surface area contributed by atoms with Crippen molar-refractivity contribution in [3.63, 3.8) is 0 Å². The second-order valence-corrected chi connectivity index (χ2v) is 6.93. The van der Waals surface area contributed by atoms with Crippen molar-refractivity contribution in [3.05, 3.63) is 0 Å². The zero-order valence-electron chi connectivity index (χ0n) is 18.4. The third-order valence-corrected chi connectivity index (χ3v) is 3.93. The van der Waals surface area contributed by atoms with E-state index in [1.807, 2.05) is 0 Å². The fraction of sp³-hybridized carbons (Fsp3) is 0.929. The number of hydrogen-bond acceptors (Lipinski definition) is 5. The number of carbonyl (C=O) groups is 1. The van der Waals surface area contributed by atoms with Gasteiger partial charge in [0.2, 0.25) is 0 Å². The van der Waals surface area contributed by atoms with Crippen molar-refractivity contribution in [2.45, 2.75) is 73.4 Å². The molecule has 0 radical (unpaired) electrons. The zero-order valence-corrected chi connectivity index (χ0v) is 18.4. The fourth-order valence-electron chi connectivity index (χ4n) is 1.96. The summed E-state index contributed by atoms with van der Waals surface area (Å²) in [6.07, 6.45) is -57.8. The van der Waals surface area contributed by atoms with Gasteiger partial charge in [-0.1, -0.05) is 0 Å². The Kier molecular flexibility index (Phi) is 10.1. The topological polar surface area (TPSA) is 54.0 Å². The van der Waals surface area contributed by atoms with Crippen LogP contribution in [0.15, 0.2) is 0 Å². The number of ether oxygens (including phenoxy) is 4. The molecule has 0 N–H and O–H groups in total. The molecule has 0 amide bonds. The molecule has 0 aliphatic carbocycles. The maximum Gasteiger partial charge on any atom is 0.460 e. The first kappa shape index (κ1) is 39.7. The van der Waals surface area contributed by atoms with Crippen LogP contribution in [0.25, 0.3) is 0 Å². The van der Waals surface area contributed by atoms with E-state index >= 15 is 0 Å². The summed E-state index contributed by atoms with van der Waals surface area (Å²) in [5.74, 6) is -36.8. The molecule has 0 aliphatic heterocycles. The number of hydrogen-bond donors (Lipinski definition) is 0. The highest BCUT2D eigenvalue weighted by atomic mass is 19.4. The molecular weight excluding hydrogens is 685 g/mol. The van der Waals surface area contributed by atoms with Gasteiger partial charge in [0, 0.05) is 0 Å². The molecule has 0 aliphatic rings. The molecule has 0 aromatic carbocycles. The van der Waals surface area contributed by atoms with E-state index in [9.17, 15) is 106 Å². The Balaban J connectivity index is 7.42. The van der Waals surface area contributed by atoms with E-state index in [4.69, 9.17) is 0 Å². The monoisotopic (exact) mass is 690 g/mol. The van der Waals surface area contributed by atoms with Gasteiger partial charge in [0.25, 0.3) is 0 Å². The minimum absolute atomic E-state index is 0.413. The number of rotatable bonds is 10. The third-order valence-electron chi connectivity index (χ3n) is 3.93. The molecular formula is C14H5F23O5. The standard InChI is InChI=1S/C14H5F23O5/c1-2-39-3(38)4(15,8(19,20)21)40-13(34,35)7(18,12(31,32)33)42-14(36,37)6(17,11(28,29)30)41-5(16,9(22,23)24)10(25,26)27/h2H2,1H3/t4-,6+,7-/m0/s1. The van der Waals surface area contributed by atoms with E-state index in [1.165, 1.54) is 0 Å². The lowest BCUT2D eigenvalue weighted by Crippen LogP contribution is -2.71. The van der Waals surface area contributed by atoms with Gasteiger partial charge in [0.1, 0.15) is 0 Å². The van der Waals surface area contributed by atoms with Crippen molar-refractivity contribution in [1.82, 2.24) is 0 Å². The molecule has 5 nitrogen and oxygen atoms in total. The van der Waals surface area contributed by atoms with Crippen LogP contribution in [0, 0.1) is 0 Å². The summed E-state index contributed by atoms with van der Waals surface area (Å²) in [6.45, 7) is -1.11. The van der Waals surface area contributed by atoms with E-state index in [-0.39, 0.29) is 0 Å². The van der Waals surface area contributed by atoms with Crippen LogP contribution in [0.2, 0.25) is 0 Å². The maximum atomic E-state index is 14.2. The molecule has 0 heterocycles. The number of alkyl halides is 23. The summed E-state index contributed by atoms with van der Waals surface area (Å²) in [5, 5.41) is 0. The van der Waals surface area contributed by atoms with Crippen molar-refractivity contribution < 1.29 is 125 Å². The van der Waals surface area contributed by atoms with Gasteiger partial charge in [-0.05, 0) is 6.92 Å². The van der Waals surface area contributed by atoms with Gasteiger partial charge in [-0.15, -0.1) is 0 Å². The van der Waals surface area contributed by atoms with Gasteiger partial charge in [-0.2, -0.15) is 101 Å². The van der Waals surface area contributed by atoms with Crippen LogP contribution in [0.4, 0.5) is 101 Å². The highest BCUT2D eigenvalue weighted by Gasteiger charge is 2.89. The van der Waals surface area contributed by atoms with Crippen LogP contribution in [0.3, 0.4) is 0 Å². The molecule has 3 atom stereocenters. The molecule has 0 spiro atoms. The smallest absolute Gasteiger partial charge is 0.460 e. The third kappa shape index (κ3) is 6.62. The van der Waals surface area contributed by atoms with E-state index in [0.717, 1.165) is 9.47 Å². The molecule has 28 heteroatoms. The first-order valence-corrected chi connectivity index (χ1v) is 8.98. The lowest BCUT2D eigenvalue weighted by molar-refractivity contribution is -0.579. The number of carbonyl (C=O) groups excluding carboxylic acids is 1. The summed E-state index contributed by atoms with van der Waals surface area (Å²) in [5.41, 5.74) is 0. The molecule has 0 aromatic rings. The van der Waals surface area contributed by atoms with Crippen LogP contribution in [-0.4, -0.2) is 79.1 Å². The average Bonchev–Trinajstić information content (AvgIpc) is 2.68. The van der Waals surface area contributed by atoms with Crippen LogP contribution < -0.4 is 0 Å². The predicted octanol–water partition coefficient (Wildman–Crippen LogP) is 7.26. The Morgan fingerprint density at radius 1 is 0.429 bits per heavy atom. The largest absolute Gasteiger partial charge is 0.462 e. The van der Waals surface area contributed by atoms with Crippen LogP contribution in [0.5, 0.6) is 0 Å². The Bertz CT molecular complexity index is 947. The van der Waals surface area contributed by atoms with Crippen LogP contribution >= 0.6 is 0 Å². The van der Waals surface area contributed by atoms with Crippen LogP contribution in [-0.2, 0) is 23.7 Å². The van der Waals surface area contributed by atoms with Crippen molar-refractivity contribution in [3.8, 4) is 0 Å². The highest BCUT2D eigenvalue weighted by molar-refractivity contribution is 5.78. The van der Waals surface area contributed by atoms with Gasteiger partial charge in [0.05, 0.1) is 6.61 Å². The second-order valence-electron chi connectivity index (χ2n) is 6.93. The lowest BCUT2D eigenvalue weighted by atomic mass is 10.2. The molecule has 0 fully saturated rings. The van der Waals surface area contributed by atoms with Crippen LogP contribution in [0.1, 0.15) is 6.92 Å². The lowest BCUT2D eigenvalue weighted by Gasteiger charge is -2.43. The van der Waals surface area contributed by atoms with Crippen molar-refractivity contribution in [2.24, 2.45) is 0 Å². The molecule has 0 unspecified atom stereocenters. The highest BCUT2D eigenvalue weighted by Crippen LogP contribution is 2.59. The summed E-state index contributed by atoms with van der Waals surface area (Å²) in [4.78, 5) is 11.0. The van der Waals surface area contributed by atoms with E-state index < -0.39 is 79.1 Å². The Morgan fingerprint density at radius 2 is 0.714 bits per heavy atom. The zero-order chi connectivity index (χ0) is 34.6. The summed E-state index contributed by atoms with van der Waals surface area (Å²) in [7, 11) is 0. The SMILES string of the molecule is CCOC(=O)[C@](F)(OC(F)(F)[C@@](F)(OC(F)(F)[C@](F)(OC(F)(C(F)(F)F)C(F)(F)F)C(F)(F)F)C(F)(F)F)C(F)(F)F. The molecule has 0 bridgehead atoms. The molecule has 42 heavy (non-hydrogen) atoms. The van der Waals surface area contributed by atoms with E-state index in [1.54, 1.807) is 4.74 Å². The molecule has 0 aromatic heterocycles. The second kappa shape index (κ2) is 10.7. The van der Waals surface area contributed by atoms with Gasteiger partial charge in [0.15, 0.2) is 0 Å². The average molecular weight is 690 g/mol. The Hall–Kier alpha value is -2.26. The molecule has 0 saturated carbocycles. The summed E-state index contributed by atoms with van der Waals surface area (Å²) < 4.78 is 309. The molecule has 0 saturated heterocycles. The minimum Gasteiger partial charge on any atom is -0.462 e. The maximum absolute atomic E-state index is 14.2. The minimum atomic E-state index is -8.81. The van der Waals surface area contributed by atoms with Gasteiger partial charge in [-0.25, -0.2) is 4.79 Å². The van der Waals surface area contributed by atoms with Gasteiger partial charge in [-0.3, -0.25) is 14.2 Å². The van der Waals surface area contributed by atoms with E-state index in [0.29, 0.717) is 6.92 Å². The quantitative estimate of drug-likeness (QED) is 0.179. The summed E-state index contributed by atoms with van der Waals surface area (Å²) in [6, 6.07) is 0.